The van der Waals surface area contributed by atoms with Gasteiger partial charge in [0.15, 0.2) is 0 Å². The number of aromatic amines is 1. The second-order valence-corrected chi connectivity index (χ2v) is 10.7. The minimum absolute atomic E-state index is 0.140. The van der Waals surface area contributed by atoms with Gasteiger partial charge in [0.2, 0.25) is 0 Å². The summed E-state index contributed by atoms with van der Waals surface area (Å²) in [5.74, 6) is -0.140. The molecule has 0 atom stereocenters. The van der Waals surface area contributed by atoms with Crippen LogP contribution in [0.2, 0.25) is 5.02 Å². The molecular formula is C22H18ClN3O3S2. The maximum Gasteiger partial charge on any atom is 0.271 e. The average molecular weight is 472 g/mol. The Bertz CT molecular complexity index is 1390. The van der Waals surface area contributed by atoms with Gasteiger partial charge < -0.3 is 9.88 Å². The van der Waals surface area contributed by atoms with Crippen molar-refractivity contribution < 1.29 is 13.2 Å². The highest BCUT2D eigenvalue weighted by Gasteiger charge is 2.25. The Morgan fingerprint density at radius 3 is 2.81 bits per heavy atom. The van der Waals surface area contributed by atoms with Crippen molar-refractivity contribution in [2.24, 2.45) is 0 Å². The van der Waals surface area contributed by atoms with Gasteiger partial charge in [-0.1, -0.05) is 23.7 Å². The molecule has 0 fully saturated rings. The third-order valence-corrected chi connectivity index (χ3v) is 8.36. The first-order valence-electron chi connectivity index (χ1n) is 9.65. The van der Waals surface area contributed by atoms with Gasteiger partial charge in [-0.3, -0.25) is 9.52 Å². The molecule has 0 bridgehead atoms. The largest absolute Gasteiger partial charge is 0.358 e. The number of carbonyl (C=O) groups is 1. The van der Waals surface area contributed by atoms with E-state index < -0.39 is 10.0 Å². The average Bonchev–Trinajstić information content (AvgIpc) is 3.41. The van der Waals surface area contributed by atoms with Gasteiger partial charge in [0, 0.05) is 57.9 Å². The lowest BCUT2D eigenvalue weighted by atomic mass is 10.0. The first-order chi connectivity index (χ1) is 14.9. The Morgan fingerprint density at radius 2 is 2.00 bits per heavy atom. The number of nitrogens with one attached hydrogen (secondary N) is 2. The van der Waals surface area contributed by atoms with Gasteiger partial charge >= 0.3 is 0 Å². The second kappa shape index (κ2) is 7.71. The van der Waals surface area contributed by atoms with Crippen molar-refractivity contribution in [1.29, 1.82) is 0 Å². The lowest BCUT2D eigenvalue weighted by Gasteiger charge is -2.27. The van der Waals surface area contributed by atoms with E-state index in [1.54, 1.807) is 46.7 Å². The number of thiophene rings is 1. The van der Waals surface area contributed by atoms with E-state index in [1.165, 1.54) is 0 Å². The zero-order valence-corrected chi connectivity index (χ0v) is 18.7. The number of fused-ring (bicyclic) bond motifs is 3. The summed E-state index contributed by atoms with van der Waals surface area (Å²) >= 11 is 7.31. The highest BCUT2D eigenvalue weighted by atomic mass is 35.5. The van der Waals surface area contributed by atoms with Crippen molar-refractivity contribution in [3.05, 3.63) is 81.8 Å². The van der Waals surface area contributed by atoms with Gasteiger partial charge in [-0.15, -0.1) is 11.3 Å². The molecule has 31 heavy (non-hydrogen) atoms. The highest BCUT2D eigenvalue weighted by molar-refractivity contribution is 7.94. The molecule has 1 amide bonds. The molecular weight excluding hydrogens is 454 g/mol. The molecule has 0 spiro atoms. The van der Waals surface area contributed by atoms with Crippen LogP contribution < -0.4 is 4.72 Å². The van der Waals surface area contributed by atoms with Gasteiger partial charge in [0.05, 0.1) is 0 Å². The van der Waals surface area contributed by atoms with Gasteiger partial charge in [0.25, 0.3) is 15.9 Å². The summed E-state index contributed by atoms with van der Waals surface area (Å²) in [5.41, 5.74) is 4.00. The molecule has 6 nitrogen and oxygen atoms in total. The van der Waals surface area contributed by atoms with E-state index in [4.69, 9.17) is 11.6 Å². The molecule has 4 aromatic rings. The standard InChI is InChI=1S/C22H18ClN3O3S2/c23-15-6-7-19-17(12-15)18-13-26(9-8-20(18)24-19)22(27)14-3-1-4-16(11-14)25-31(28,29)21-5-2-10-30-21/h1-7,10-12,24-25H,8-9,13H2. The lowest BCUT2D eigenvalue weighted by molar-refractivity contribution is 0.0735. The van der Waals surface area contributed by atoms with E-state index in [1.807, 2.05) is 18.2 Å². The van der Waals surface area contributed by atoms with Crippen LogP contribution in [-0.2, 0) is 23.0 Å². The molecule has 2 aromatic carbocycles. The van der Waals surface area contributed by atoms with Crippen LogP contribution in [0.4, 0.5) is 5.69 Å². The predicted octanol–water partition coefficient (Wildman–Crippen LogP) is 4.88. The summed E-state index contributed by atoms with van der Waals surface area (Å²) in [6, 6.07) is 15.5. The number of benzene rings is 2. The number of hydrogen-bond donors (Lipinski definition) is 2. The minimum Gasteiger partial charge on any atom is -0.358 e. The molecule has 9 heteroatoms. The van der Waals surface area contributed by atoms with Crippen LogP contribution in [0.15, 0.2) is 64.2 Å². The predicted molar refractivity (Wildman–Crippen MR) is 123 cm³/mol. The summed E-state index contributed by atoms with van der Waals surface area (Å²) in [4.78, 5) is 18.4. The van der Waals surface area contributed by atoms with Crippen LogP contribution in [0, 0.1) is 0 Å². The molecule has 158 valence electrons. The van der Waals surface area contributed by atoms with Crippen LogP contribution in [0.1, 0.15) is 21.6 Å². The van der Waals surface area contributed by atoms with Crippen molar-refractivity contribution in [1.82, 2.24) is 9.88 Å². The Labute approximate surface area is 188 Å². The number of rotatable bonds is 4. The molecule has 1 aliphatic rings. The highest BCUT2D eigenvalue weighted by Crippen LogP contribution is 2.30. The fourth-order valence-corrected chi connectivity index (χ4v) is 6.09. The Morgan fingerprint density at radius 1 is 1.13 bits per heavy atom. The quantitative estimate of drug-likeness (QED) is 0.445. The summed E-state index contributed by atoms with van der Waals surface area (Å²) < 4.78 is 27.8. The van der Waals surface area contributed by atoms with Crippen molar-refractivity contribution in [2.45, 2.75) is 17.2 Å². The number of H-pyrrole nitrogens is 1. The normalized spacial score (nSPS) is 13.9. The summed E-state index contributed by atoms with van der Waals surface area (Å²) in [7, 11) is -3.67. The van der Waals surface area contributed by atoms with Gasteiger partial charge in [-0.2, -0.15) is 0 Å². The summed E-state index contributed by atoms with van der Waals surface area (Å²) in [6.07, 6.45) is 0.720. The summed E-state index contributed by atoms with van der Waals surface area (Å²) in [6.45, 7) is 1.05. The Hall–Kier alpha value is -2.81. The zero-order chi connectivity index (χ0) is 21.6. The van der Waals surface area contributed by atoms with Crippen LogP contribution in [0.3, 0.4) is 0 Å². The van der Waals surface area contributed by atoms with Crippen molar-refractivity contribution in [3.63, 3.8) is 0 Å². The van der Waals surface area contributed by atoms with Gasteiger partial charge in [0.1, 0.15) is 4.21 Å². The molecule has 2 N–H and O–H groups in total. The third-order valence-electron chi connectivity index (χ3n) is 5.35. The maximum absolute atomic E-state index is 13.2. The molecule has 1 aliphatic heterocycles. The maximum atomic E-state index is 13.2. The third kappa shape index (κ3) is 3.82. The van der Waals surface area contributed by atoms with Gasteiger partial charge in [-0.05, 0) is 47.8 Å². The van der Waals surface area contributed by atoms with E-state index in [2.05, 4.69) is 9.71 Å². The van der Waals surface area contributed by atoms with Crippen LogP contribution >= 0.6 is 22.9 Å². The number of sulfonamides is 1. The van der Waals surface area contributed by atoms with Crippen molar-refractivity contribution in [3.8, 4) is 0 Å². The van der Waals surface area contributed by atoms with E-state index in [0.29, 0.717) is 29.4 Å². The number of aromatic nitrogens is 1. The monoisotopic (exact) mass is 471 g/mol. The smallest absolute Gasteiger partial charge is 0.271 e. The lowest BCUT2D eigenvalue weighted by Crippen LogP contribution is -2.35. The Kier molecular flexibility index (Phi) is 5.00. The summed E-state index contributed by atoms with van der Waals surface area (Å²) in [5, 5.41) is 3.39. The van der Waals surface area contributed by atoms with Crippen LogP contribution in [-0.4, -0.2) is 30.8 Å². The first-order valence-corrected chi connectivity index (χ1v) is 12.4. The molecule has 0 unspecified atom stereocenters. The number of amides is 1. The number of nitrogens with zero attached hydrogens (tertiary/aromatic N) is 1. The van der Waals surface area contributed by atoms with Gasteiger partial charge in [-0.25, -0.2) is 8.42 Å². The molecule has 0 aliphatic carbocycles. The SMILES string of the molecule is O=C(c1cccc(NS(=O)(=O)c2cccs2)c1)N1CCc2[nH]c3ccc(Cl)cc3c2C1. The minimum atomic E-state index is -3.67. The fraction of sp³-hybridized carbons (Fsp3) is 0.136. The molecule has 0 radical (unpaired) electrons. The number of anilines is 1. The van der Waals surface area contributed by atoms with E-state index in [-0.39, 0.29) is 10.1 Å². The number of carbonyl (C=O) groups excluding carboxylic acids is 1. The molecule has 5 rings (SSSR count). The van der Waals surface area contributed by atoms with E-state index in [0.717, 1.165) is 39.9 Å². The fourth-order valence-electron chi connectivity index (χ4n) is 3.88. The topological polar surface area (TPSA) is 82.3 Å². The van der Waals surface area contributed by atoms with Crippen molar-refractivity contribution in [2.75, 3.05) is 11.3 Å². The molecule has 3 heterocycles. The zero-order valence-electron chi connectivity index (χ0n) is 16.3. The number of hydrogen-bond acceptors (Lipinski definition) is 4. The van der Waals surface area contributed by atoms with Crippen molar-refractivity contribution >= 4 is 55.5 Å². The Balaban J connectivity index is 1.39. The first kappa shape index (κ1) is 20.1. The van der Waals surface area contributed by atoms with Crippen LogP contribution in [0.25, 0.3) is 10.9 Å². The van der Waals surface area contributed by atoms with E-state index in [9.17, 15) is 13.2 Å². The number of halogens is 1. The molecule has 0 saturated heterocycles. The van der Waals surface area contributed by atoms with E-state index >= 15 is 0 Å². The molecule has 0 saturated carbocycles. The van der Waals surface area contributed by atoms with Crippen LogP contribution in [0.5, 0.6) is 0 Å². The molecule has 2 aromatic heterocycles. The second-order valence-electron chi connectivity index (χ2n) is 7.37.